The Kier molecular flexibility index (Phi) is 6.19. The van der Waals surface area contributed by atoms with E-state index < -0.39 is 0 Å². The molecule has 1 aromatic carbocycles. The van der Waals surface area contributed by atoms with E-state index in [1.54, 1.807) is 12.1 Å². The molecule has 0 aliphatic heterocycles. The number of hydrogen-bond donors (Lipinski definition) is 1. The summed E-state index contributed by atoms with van der Waals surface area (Å²) in [6.07, 6.45) is 7.94. The molecule has 1 fully saturated rings. The van der Waals surface area contributed by atoms with Gasteiger partial charge in [0.2, 0.25) is 0 Å². The Morgan fingerprint density at radius 1 is 1.11 bits per heavy atom. The van der Waals surface area contributed by atoms with E-state index in [2.05, 4.69) is 45.5 Å². The van der Waals surface area contributed by atoms with Crippen molar-refractivity contribution in [2.75, 3.05) is 5.32 Å². The van der Waals surface area contributed by atoms with Crippen LogP contribution in [0, 0.1) is 0 Å². The normalized spacial score (nSPS) is 15.0. The fraction of sp³-hybridized carbons (Fsp3) is 0.364. The molecule has 3 aromatic rings. The second-order valence-electron chi connectivity index (χ2n) is 7.26. The van der Waals surface area contributed by atoms with Crippen LogP contribution in [0.1, 0.15) is 53.9 Å². The minimum absolute atomic E-state index is 0.265. The fourth-order valence-corrected chi connectivity index (χ4v) is 4.49. The summed E-state index contributed by atoms with van der Waals surface area (Å²) in [5, 5.41) is 5.47. The predicted octanol–water partition coefficient (Wildman–Crippen LogP) is 5.32. The summed E-state index contributed by atoms with van der Waals surface area (Å²) in [6.45, 7) is 1.73. The topological polar surface area (TPSA) is 58.4 Å². The van der Waals surface area contributed by atoms with Crippen molar-refractivity contribution in [1.29, 1.82) is 0 Å². The fourth-order valence-electron chi connectivity index (χ4n) is 3.79. The van der Waals surface area contributed by atoms with Gasteiger partial charge in [0.05, 0.1) is 12.0 Å². The standard InChI is InChI=1S/C22H25N3O2S/c26-21(20-12-7-13-27-20)24-22-23-18(16-28-22)15-25(19-10-5-2-6-11-19)14-17-8-3-1-4-9-17/h1,3-4,7-9,12-13,16,19H,2,5-6,10-11,14-15H2,(H,23,24,26). The van der Waals surface area contributed by atoms with Gasteiger partial charge >= 0.3 is 0 Å². The summed E-state index contributed by atoms with van der Waals surface area (Å²) < 4.78 is 5.14. The van der Waals surface area contributed by atoms with Crippen LogP contribution in [0.5, 0.6) is 0 Å². The maximum absolute atomic E-state index is 12.1. The van der Waals surface area contributed by atoms with Crippen molar-refractivity contribution in [2.45, 2.75) is 51.2 Å². The Labute approximate surface area is 169 Å². The smallest absolute Gasteiger partial charge is 0.293 e. The minimum Gasteiger partial charge on any atom is -0.459 e. The molecule has 6 heteroatoms. The molecule has 146 valence electrons. The zero-order valence-electron chi connectivity index (χ0n) is 15.8. The van der Waals surface area contributed by atoms with Gasteiger partial charge in [-0.05, 0) is 30.5 Å². The number of benzene rings is 1. The average molecular weight is 396 g/mol. The number of aromatic nitrogens is 1. The van der Waals surface area contributed by atoms with Crippen molar-refractivity contribution in [3.8, 4) is 0 Å². The second-order valence-corrected chi connectivity index (χ2v) is 8.12. The number of carbonyl (C=O) groups is 1. The molecule has 1 aliphatic carbocycles. The van der Waals surface area contributed by atoms with Gasteiger partial charge in [0, 0.05) is 24.5 Å². The van der Waals surface area contributed by atoms with Crippen LogP contribution in [0.25, 0.3) is 0 Å². The van der Waals surface area contributed by atoms with E-state index in [1.807, 2.05) is 5.38 Å². The third kappa shape index (κ3) is 4.88. The van der Waals surface area contributed by atoms with Crippen LogP contribution >= 0.6 is 11.3 Å². The van der Waals surface area contributed by atoms with Crippen LogP contribution in [0.4, 0.5) is 5.13 Å². The molecule has 0 spiro atoms. The highest BCUT2D eigenvalue weighted by molar-refractivity contribution is 7.13. The van der Waals surface area contributed by atoms with Crippen LogP contribution in [0.15, 0.2) is 58.5 Å². The number of nitrogens with zero attached hydrogens (tertiary/aromatic N) is 2. The lowest BCUT2D eigenvalue weighted by Gasteiger charge is -2.34. The number of rotatable bonds is 7. The van der Waals surface area contributed by atoms with Gasteiger partial charge in [-0.1, -0.05) is 49.6 Å². The summed E-state index contributed by atoms with van der Waals surface area (Å²) in [7, 11) is 0. The van der Waals surface area contributed by atoms with Gasteiger partial charge < -0.3 is 4.42 Å². The van der Waals surface area contributed by atoms with Gasteiger partial charge in [0.1, 0.15) is 0 Å². The zero-order valence-corrected chi connectivity index (χ0v) is 16.7. The first-order valence-corrected chi connectivity index (χ1v) is 10.7. The Balaban J connectivity index is 1.44. The van der Waals surface area contributed by atoms with Crippen LogP contribution in [0.2, 0.25) is 0 Å². The van der Waals surface area contributed by atoms with Gasteiger partial charge in [0.25, 0.3) is 5.91 Å². The van der Waals surface area contributed by atoms with Crippen molar-refractivity contribution < 1.29 is 9.21 Å². The number of hydrogen-bond acceptors (Lipinski definition) is 5. The van der Waals surface area contributed by atoms with Gasteiger partial charge in [0.15, 0.2) is 10.9 Å². The largest absolute Gasteiger partial charge is 0.459 e. The molecule has 0 bridgehead atoms. The highest BCUT2D eigenvalue weighted by Crippen LogP contribution is 2.27. The lowest BCUT2D eigenvalue weighted by molar-refractivity contribution is 0.0996. The van der Waals surface area contributed by atoms with E-state index in [0.717, 1.165) is 18.8 Å². The van der Waals surface area contributed by atoms with Gasteiger partial charge in [-0.3, -0.25) is 15.0 Å². The monoisotopic (exact) mass is 395 g/mol. The summed E-state index contributed by atoms with van der Waals surface area (Å²) in [5.74, 6) is 0.0315. The first-order chi connectivity index (χ1) is 13.8. The number of nitrogens with one attached hydrogen (secondary N) is 1. The third-order valence-electron chi connectivity index (χ3n) is 5.20. The van der Waals surface area contributed by atoms with E-state index in [9.17, 15) is 4.79 Å². The lowest BCUT2D eigenvalue weighted by Crippen LogP contribution is -2.36. The van der Waals surface area contributed by atoms with Crippen molar-refractivity contribution in [3.05, 3.63) is 71.1 Å². The van der Waals surface area contributed by atoms with Crippen molar-refractivity contribution in [2.24, 2.45) is 0 Å². The number of furan rings is 1. The zero-order chi connectivity index (χ0) is 19.2. The van der Waals surface area contributed by atoms with E-state index in [0.29, 0.717) is 16.9 Å². The molecule has 5 nitrogen and oxygen atoms in total. The molecular weight excluding hydrogens is 370 g/mol. The molecular formula is C22H25N3O2S. The number of amides is 1. The van der Waals surface area contributed by atoms with E-state index >= 15 is 0 Å². The van der Waals surface area contributed by atoms with Crippen molar-refractivity contribution in [1.82, 2.24) is 9.88 Å². The number of thiazole rings is 1. The van der Waals surface area contributed by atoms with Gasteiger partial charge in [-0.15, -0.1) is 11.3 Å². The van der Waals surface area contributed by atoms with Crippen LogP contribution in [-0.4, -0.2) is 21.8 Å². The lowest BCUT2D eigenvalue weighted by atomic mass is 9.93. The number of carbonyl (C=O) groups excluding carboxylic acids is 1. The molecule has 0 radical (unpaired) electrons. The Morgan fingerprint density at radius 2 is 1.93 bits per heavy atom. The van der Waals surface area contributed by atoms with Crippen molar-refractivity contribution in [3.63, 3.8) is 0 Å². The molecule has 0 atom stereocenters. The minimum atomic E-state index is -0.265. The van der Waals surface area contributed by atoms with Crippen molar-refractivity contribution >= 4 is 22.4 Å². The summed E-state index contributed by atoms with van der Waals surface area (Å²) in [4.78, 5) is 19.3. The highest BCUT2D eigenvalue weighted by Gasteiger charge is 2.22. The molecule has 28 heavy (non-hydrogen) atoms. The second kappa shape index (κ2) is 9.17. The quantitative estimate of drug-likeness (QED) is 0.588. The molecule has 1 saturated carbocycles. The Morgan fingerprint density at radius 3 is 2.68 bits per heavy atom. The molecule has 1 amide bonds. The molecule has 1 N–H and O–H groups in total. The van der Waals surface area contributed by atoms with Gasteiger partial charge in [-0.2, -0.15) is 0 Å². The third-order valence-corrected chi connectivity index (χ3v) is 6.01. The summed E-state index contributed by atoms with van der Waals surface area (Å²) in [5.41, 5.74) is 2.33. The Hall–Kier alpha value is -2.44. The molecule has 2 aromatic heterocycles. The summed E-state index contributed by atoms with van der Waals surface area (Å²) >= 11 is 1.46. The molecule has 1 aliphatic rings. The van der Waals surface area contributed by atoms with Crippen LogP contribution in [-0.2, 0) is 13.1 Å². The maximum atomic E-state index is 12.1. The first kappa shape index (κ1) is 18.9. The van der Waals surface area contributed by atoms with Gasteiger partial charge in [-0.25, -0.2) is 4.98 Å². The molecule has 4 rings (SSSR count). The summed E-state index contributed by atoms with van der Waals surface area (Å²) in [6, 6.07) is 14.6. The van der Waals surface area contributed by atoms with E-state index in [1.165, 1.54) is 55.3 Å². The SMILES string of the molecule is O=C(Nc1nc(CN(Cc2ccccc2)C2CCCCC2)cs1)c1ccco1. The maximum Gasteiger partial charge on any atom is 0.293 e. The highest BCUT2D eigenvalue weighted by atomic mass is 32.1. The van der Waals surface area contributed by atoms with Crippen LogP contribution < -0.4 is 5.32 Å². The van der Waals surface area contributed by atoms with Crippen LogP contribution in [0.3, 0.4) is 0 Å². The predicted molar refractivity (Wildman–Crippen MR) is 111 cm³/mol. The average Bonchev–Trinajstić information content (AvgIpc) is 3.41. The molecule has 2 heterocycles. The Bertz CT molecular complexity index is 870. The van der Waals surface area contributed by atoms with E-state index in [4.69, 9.17) is 4.42 Å². The molecule has 0 unspecified atom stereocenters. The first-order valence-electron chi connectivity index (χ1n) is 9.85. The molecule has 0 saturated heterocycles. The number of anilines is 1. The van der Waals surface area contributed by atoms with E-state index in [-0.39, 0.29) is 5.91 Å².